The molecule has 2 fully saturated rings. The van der Waals surface area contributed by atoms with Crippen molar-refractivity contribution in [3.8, 4) is 0 Å². The van der Waals surface area contributed by atoms with Crippen LogP contribution in [-0.4, -0.2) is 31.1 Å². The predicted octanol–water partition coefficient (Wildman–Crippen LogP) is 3.10. The Bertz CT molecular complexity index is 462. The molecule has 3 unspecified atom stereocenters. The summed E-state index contributed by atoms with van der Waals surface area (Å²) in [5, 5.41) is 0. The zero-order chi connectivity index (χ0) is 14.7. The lowest BCUT2D eigenvalue weighted by molar-refractivity contribution is 0.0700. The molecule has 3 rings (SSSR count). The van der Waals surface area contributed by atoms with Crippen LogP contribution < -0.4 is 5.73 Å². The van der Waals surface area contributed by atoms with Crippen molar-refractivity contribution in [2.24, 2.45) is 11.7 Å². The highest BCUT2D eigenvalue weighted by atomic mass is 16.5. The van der Waals surface area contributed by atoms with E-state index in [2.05, 4.69) is 29.2 Å². The first-order valence-corrected chi connectivity index (χ1v) is 8.37. The zero-order valence-corrected chi connectivity index (χ0v) is 13.1. The van der Waals surface area contributed by atoms with Crippen LogP contribution in [0.15, 0.2) is 24.3 Å². The van der Waals surface area contributed by atoms with Crippen molar-refractivity contribution in [2.75, 3.05) is 20.2 Å². The molecule has 1 aromatic carbocycles. The molecule has 1 aliphatic heterocycles. The Hall–Kier alpha value is -0.900. The van der Waals surface area contributed by atoms with Gasteiger partial charge in [0.2, 0.25) is 0 Å². The average molecular weight is 288 g/mol. The quantitative estimate of drug-likeness (QED) is 0.905. The minimum absolute atomic E-state index is 0.368. The minimum Gasteiger partial charge on any atom is -0.380 e. The van der Waals surface area contributed by atoms with Crippen molar-refractivity contribution in [1.29, 1.82) is 0 Å². The fraction of sp³-hybridized carbons (Fsp3) is 0.667. The third-order valence-corrected chi connectivity index (χ3v) is 5.31. The van der Waals surface area contributed by atoms with Gasteiger partial charge in [-0.15, -0.1) is 0 Å². The molecule has 0 aromatic heterocycles. The van der Waals surface area contributed by atoms with Gasteiger partial charge in [0.05, 0.1) is 6.61 Å². The second kappa shape index (κ2) is 6.91. The summed E-state index contributed by atoms with van der Waals surface area (Å²) in [5.74, 6) is 0.912. The molecule has 1 aliphatic carbocycles. The van der Waals surface area contributed by atoms with E-state index in [0.717, 1.165) is 12.0 Å². The van der Waals surface area contributed by atoms with Gasteiger partial charge in [-0.2, -0.15) is 0 Å². The van der Waals surface area contributed by atoms with Gasteiger partial charge in [0.15, 0.2) is 0 Å². The van der Waals surface area contributed by atoms with Gasteiger partial charge in [-0.1, -0.05) is 30.7 Å². The van der Waals surface area contributed by atoms with E-state index in [9.17, 15) is 0 Å². The van der Waals surface area contributed by atoms with Crippen molar-refractivity contribution in [2.45, 2.75) is 50.8 Å². The van der Waals surface area contributed by atoms with Crippen molar-refractivity contribution in [3.05, 3.63) is 35.4 Å². The van der Waals surface area contributed by atoms with Crippen molar-refractivity contribution >= 4 is 0 Å². The minimum atomic E-state index is 0.368. The van der Waals surface area contributed by atoms with E-state index < -0.39 is 0 Å². The second-order valence-electron chi connectivity index (χ2n) is 6.57. The van der Waals surface area contributed by atoms with Crippen LogP contribution in [0.4, 0.5) is 0 Å². The maximum absolute atomic E-state index is 6.17. The van der Waals surface area contributed by atoms with E-state index >= 15 is 0 Å². The highest BCUT2D eigenvalue weighted by molar-refractivity contribution is 5.26. The SMILES string of the molecule is COCc1cccc(C(CN)N2CCCC3CCCC32)c1. The molecule has 0 radical (unpaired) electrons. The second-order valence-corrected chi connectivity index (χ2v) is 6.57. The van der Waals surface area contributed by atoms with Gasteiger partial charge in [-0.05, 0) is 49.3 Å². The molecule has 3 nitrogen and oxygen atoms in total. The summed E-state index contributed by atoms with van der Waals surface area (Å²) in [6.07, 6.45) is 6.92. The molecule has 1 aromatic rings. The van der Waals surface area contributed by atoms with E-state index in [1.54, 1.807) is 7.11 Å². The summed E-state index contributed by atoms with van der Waals surface area (Å²) < 4.78 is 5.27. The third-order valence-electron chi connectivity index (χ3n) is 5.31. The van der Waals surface area contributed by atoms with Gasteiger partial charge in [0.1, 0.15) is 0 Å². The Morgan fingerprint density at radius 2 is 2.14 bits per heavy atom. The molecule has 2 N–H and O–H groups in total. The highest BCUT2D eigenvalue weighted by Gasteiger charge is 2.38. The maximum Gasteiger partial charge on any atom is 0.0713 e. The number of piperidine rings is 1. The highest BCUT2D eigenvalue weighted by Crippen LogP contribution is 2.40. The van der Waals surface area contributed by atoms with Crippen molar-refractivity contribution in [1.82, 2.24) is 4.90 Å². The molecule has 0 amide bonds. The lowest BCUT2D eigenvalue weighted by Gasteiger charge is -2.42. The van der Waals surface area contributed by atoms with Crippen molar-refractivity contribution in [3.63, 3.8) is 0 Å². The summed E-state index contributed by atoms with van der Waals surface area (Å²) in [6.45, 7) is 2.59. The first-order valence-electron chi connectivity index (χ1n) is 8.37. The number of rotatable bonds is 5. The van der Waals surface area contributed by atoms with E-state index in [1.807, 2.05) is 0 Å². The number of hydrogen-bond acceptors (Lipinski definition) is 3. The van der Waals surface area contributed by atoms with Gasteiger partial charge in [0.25, 0.3) is 0 Å². The summed E-state index contributed by atoms with van der Waals surface area (Å²) >= 11 is 0. The van der Waals surface area contributed by atoms with Crippen LogP contribution >= 0.6 is 0 Å². The molecule has 1 heterocycles. The zero-order valence-electron chi connectivity index (χ0n) is 13.1. The van der Waals surface area contributed by atoms with Gasteiger partial charge in [-0.3, -0.25) is 4.90 Å². The molecule has 2 aliphatic rings. The number of fused-ring (bicyclic) bond motifs is 1. The van der Waals surface area contributed by atoms with Gasteiger partial charge in [0, 0.05) is 25.7 Å². The number of ether oxygens (including phenoxy) is 1. The van der Waals surface area contributed by atoms with Crippen LogP contribution in [0.2, 0.25) is 0 Å². The number of benzene rings is 1. The normalized spacial score (nSPS) is 27.5. The lowest BCUT2D eigenvalue weighted by Crippen LogP contribution is -2.46. The molecule has 116 valence electrons. The smallest absolute Gasteiger partial charge is 0.0713 e. The summed E-state index contributed by atoms with van der Waals surface area (Å²) in [7, 11) is 1.75. The third kappa shape index (κ3) is 3.15. The van der Waals surface area contributed by atoms with Gasteiger partial charge in [-0.25, -0.2) is 0 Å². The standard InChI is InChI=1S/C18H28N2O/c1-21-13-14-5-2-7-16(11-14)18(12-19)20-10-4-8-15-6-3-9-17(15)20/h2,5,7,11,15,17-18H,3-4,6,8-10,12-13,19H2,1H3. The Morgan fingerprint density at radius 3 is 2.95 bits per heavy atom. The molecule has 1 saturated carbocycles. The molecule has 3 heteroatoms. The summed E-state index contributed by atoms with van der Waals surface area (Å²) in [4.78, 5) is 2.70. The van der Waals surface area contributed by atoms with E-state index in [4.69, 9.17) is 10.5 Å². The molecule has 0 bridgehead atoms. The summed E-state index contributed by atoms with van der Waals surface area (Å²) in [6, 6.07) is 9.91. The monoisotopic (exact) mass is 288 g/mol. The Balaban J connectivity index is 1.82. The van der Waals surface area contributed by atoms with E-state index in [1.165, 1.54) is 49.8 Å². The van der Waals surface area contributed by atoms with Crippen LogP contribution in [0.1, 0.15) is 49.3 Å². The number of nitrogens with zero attached hydrogens (tertiary/aromatic N) is 1. The van der Waals surface area contributed by atoms with Crippen LogP contribution in [0, 0.1) is 5.92 Å². The first kappa shape index (κ1) is 15.0. The predicted molar refractivity (Wildman–Crippen MR) is 86.0 cm³/mol. The van der Waals surface area contributed by atoms with E-state index in [-0.39, 0.29) is 0 Å². The Morgan fingerprint density at radius 1 is 1.29 bits per heavy atom. The van der Waals surface area contributed by atoms with Gasteiger partial charge >= 0.3 is 0 Å². The summed E-state index contributed by atoms with van der Waals surface area (Å²) in [5.41, 5.74) is 8.77. The number of methoxy groups -OCH3 is 1. The fourth-order valence-electron chi connectivity index (χ4n) is 4.40. The first-order chi connectivity index (χ1) is 10.3. The number of likely N-dealkylation sites (tertiary alicyclic amines) is 1. The van der Waals surface area contributed by atoms with Crippen LogP contribution in [-0.2, 0) is 11.3 Å². The van der Waals surface area contributed by atoms with Crippen LogP contribution in [0.3, 0.4) is 0 Å². The topological polar surface area (TPSA) is 38.5 Å². The lowest BCUT2D eigenvalue weighted by atomic mass is 9.89. The van der Waals surface area contributed by atoms with Gasteiger partial charge < -0.3 is 10.5 Å². The van der Waals surface area contributed by atoms with Crippen molar-refractivity contribution < 1.29 is 4.74 Å². The average Bonchev–Trinajstić information content (AvgIpc) is 2.98. The Kier molecular flexibility index (Phi) is 4.94. The van der Waals surface area contributed by atoms with Crippen LogP contribution in [0.5, 0.6) is 0 Å². The molecule has 0 spiro atoms. The molecule has 21 heavy (non-hydrogen) atoms. The van der Waals surface area contributed by atoms with Crippen LogP contribution in [0.25, 0.3) is 0 Å². The molecule has 3 atom stereocenters. The Labute approximate surface area is 128 Å². The molecular weight excluding hydrogens is 260 g/mol. The number of hydrogen-bond donors (Lipinski definition) is 1. The fourth-order valence-corrected chi connectivity index (χ4v) is 4.40. The van der Waals surface area contributed by atoms with E-state index in [0.29, 0.717) is 19.2 Å². The molecular formula is C18H28N2O. The largest absolute Gasteiger partial charge is 0.380 e. The molecule has 1 saturated heterocycles. The maximum atomic E-state index is 6.17. The number of nitrogens with two attached hydrogens (primary N) is 1.